The first-order valence-electron chi connectivity index (χ1n) is 5.30. The molecule has 2 aliphatic rings. The van der Waals surface area contributed by atoms with Crippen LogP contribution >= 0.6 is 0 Å². The first-order chi connectivity index (χ1) is 7.90. The summed E-state index contributed by atoms with van der Waals surface area (Å²) in [5.41, 5.74) is 3.64. The number of nitrogens with zero attached hydrogens (tertiary/aromatic N) is 3. The zero-order valence-electron chi connectivity index (χ0n) is 9.21. The summed E-state index contributed by atoms with van der Waals surface area (Å²) >= 11 is 0. The molecule has 1 aliphatic heterocycles. The summed E-state index contributed by atoms with van der Waals surface area (Å²) in [6.07, 6.45) is 0.500. The minimum atomic E-state index is -1.65. The van der Waals surface area contributed by atoms with E-state index in [9.17, 15) is 15.5 Å². The second-order valence-electron chi connectivity index (χ2n) is 4.72. The minimum absolute atomic E-state index is 0.0620. The fourth-order valence-corrected chi connectivity index (χ4v) is 2.80. The van der Waals surface area contributed by atoms with Crippen LogP contribution in [0.1, 0.15) is 31.2 Å². The van der Waals surface area contributed by atoms with E-state index in [1.807, 2.05) is 0 Å². The van der Waals surface area contributed by atoms with Gasteiger partial charge in [-0.05, 0) is 4.90 Å². The van der Waals surface area contributed by atoms with Crippen LogP contribution in [0, 0.1) is 10.4 Å². The Labute approximate surface area is 96.1 Å². The van der Waals surface area contributed by atoms with Gasteiger partial charge in [-0.25, -0.2) is 0 Å². The average molecular weight is 240 g/mol. The van der Waals surface area contributed by atoms with Crippen LogP contribution in [0.2, 0.25) is 0 Å². The topological polar surface area (TPSA) is 125 Å². The lowest BCUT2D eigenvalue weighted by Crippen LogP contribution is -2.63. The SMILES string of the molecule is CC1=[N+]([O-])[C@]2(N)CCc3c(no[n+]3[O-])[C@@]2(O)C1. The maximum Gasteiger partial charge on any atom is 0.262 e. The maximum atomic E-state index is 11.9. The van der Waals surface area contributed by atoms with Gasteiger partial charge in [0.05, 0.1) is 6.42 Å². The Bertz CT molecular complexity index is 539. The van der Waals surface area contributed by atoms with Gasteiger partial charge in [-0.15, -0.1) is 0 Å². The van der Waals surface area contributed by atoms with Crippen molar-refractivity contribution in [1.82, 2.24) is 5.16 Å². The lowest BCUT2D eigenvalue weighted by Gasteiger charge is -2.35. The van der Waals surface area contributed by atoms with Crippen LogP contribution in [0.15, 0.2) is 4.63 Å². The van der Waals surface area contributed by atoms with Crippen molar-refractivity contribution in [1.29, 1.82) is 0 Å². The molecule has 0 unspecified atom stereocenters. The molecule has 1 aromatic heterocycles. The van der Waals surface area contributed by atoms with Crippen molar-refractivity contribution in [3.05, 3.63) is 21.8 Å². The smallest absolute Gasteiger partial charge is 0.262 e. The van der Waals surface area contributed by atoms with Crippen LogP contribution in [0.4, 0.5) is 0 Å². The summed E-state index contributed by atoms with van der Waals surface area (Å²) < 4.78 is 5.10. The van der Waals surface area contributed by atoms with E-state index in [4.69, 9.17) is 5.73 Å². The van der Waals surface area contributed by atoms with Gasteiger partial charge in [0, 0.05) is 24.9 Å². The zero-order valence-corrected chi connectivity index (χ0v) is 9.21. The predicted octanol–water partition coefficient (Wildman–Crippen LogP) is -1.53. The van der Waals surface area contributed by atoms with Crippen LogP contribution in [0.3, 0.4) is 0 Å². The molecule has 2 heterocycles. The Kier molecular flexibility index (Phi) is 1.71. The highest BCUT2D eigenvalue weighted by atomic mass is 16.8. The fourth-order valence-electron chi connectivity index (χ4n) is 2.80. The van der Waals surface area contributed by atoms with Crippen molar-refractivity contribution in [2.45, 2.75) is 37.5 Å². The van der Waals surface area contributed by atoms with E-state index in [1.165, 1.54) is 0 Å². The molecule has 92 valence electrons. The van der Waals surface area contributed by atoms with Crippen LogP contribution in [0.25, 0.3) is 0 Å². The number of fused-ring (bicyclic) bond motifs is 3. The molecule has 0 amide bonds. The van der Waals surface area contributed by atoms with Crippen LogP contribution in [0.5, 0.6) is 0 Å². The van der Waals surface area contributed by atoms with Crippen molar-refractivity contribution >= 4 is 5.71 Å². The maximum absolute atomic E-state index is 11.9. The van der Waals surface area contributed by atoms with Gasteiger partial charge >= 0.3 is 0 Å². The number of hydroxylamine groups is 1. The van der Waals surface area contributed by atoms with Gasteiger partial charge in [-0.3, -0.25) is 10.4 Å². The second kappa shape index (κ2) is 2.77. The molecule has 2 atom stereocenters. The van der Waals surface area contributed by atoms with Gasteiger partial charge in [-0.2, -0.15) is 4.74 Å². The van der Waals surface area contributed by atoms with Gasteiger partial charge in [0.25, 0.3) is 11.4 Å². The van der Waals surface area contributed by atoms with Gasteiger partial charge in [0.1, 0.15) is 0 Å². The number of rotatable bonds is 0. The van der Waals surface area contributed by atoms with Gasteiger partial charge in [0.2, 0.25) is 11.3 Å². The lowest BCUT2D eigenvalue weighted by atomic mass is 9.76. The summed E-state index contributed by atoms with van der Waals surface area (Å²) in [5.74, 6) is 0. The molecule has 3 rings (SSSR count). The Hall–Kier alpha value is -1.67. The molecule has 1 aromatic rings. The molecule has 8 nitrogen and oxygen atoms in total. The predicted molar refractivity (Wildman–Crippen MR) is 53.5 cm³/mol. The quantitative estimate of drug-likeness (QED) is 0.418. The van der Waals surface area contributed by atoms with E-state index < -0.39 is 11.3 Å². The Balaban J connectivity index is 2.23. The third kappa shape index (κ3) is 0.973. The number of hydrogen-bond acceptors (Lipinski definition) is 6. The number of nitrogens with two attached hydrogens (primary N) is 1. The van der Waals surface area contributed by atoms with Crippen molar-refractivity contribution in [3.8, 4) is 0 Å². The molecular weight excluding hydrogens is 228 g/mol. The summed E-state index contributed by atoms with van der Waals surface area (Å²) in [6, 6.07) is 0. The van der Waals surface area contributed by atoms with E-state index in [2.05, 4.69) is 9.79 Å². The summed E-state index contributed by atoms with van der Waals surface area (Å²) in [6.45, 7) is 1.60. The van der Waals surface area contributed by atoms with E-state index in [0.717, 1.165) is 0 Å². The monoisotopic (exact) mass is 240 g/mol. The van der Waals surface area contributed by atoms with E-state index in [1.54, 1.807) is 6.92 Å². The molecule has 0 fully saturated rings. The molecule has 0 aromatic carbocycles. The third-order valence-corrected chi connectivity index (χ3v) is 3.77. The van der Waals surface area contributed by atoms with Gasteiger partial charge in [0.15, 0.2) is 5.71 Å². The molecular formula is C9H12N4O4. The summed E-state index contributed by atoms with van der Waals surface area (Å²) in [7, 11) is 0. The van der Waals surface area contributed by atoms with E-state index >= 15 is 0 Å². The number of hydrogen-bond donors (Lipinski definition) is 2. The molecule has 0 radical (unpaired) electrons. The van der Waals surface area contributed by atoms with E-state index in [-0.39, 0.29) is 35.6 Å². The molecule has 17 heavy (non-hydrogen) atoms. The number of aromatic nitrogens is 2. The highest BCUT2D eigenvalue weighted by Crippen LogP contribution is 2.45. The number of aliphatic hydroxyl groups is 1. The Morgan fingerprint density at radius 3 is 2.94 bits per heavy atom. The molecule has 8 heteroatoms. The zero-order chi connectivity index (χ0) is 12.4. The summed E-state index contributed by atoms with van der Waals surface area (Å²) in [4.78, 5) is 0.260. The molecule has 0 saturated carbocycles. The lowest BCUT2D eigenvalue weighted by molar-refractivity contribution is -0.808. The highest BCUT2D eigenvalue weighted by Gasteiger charge is 2.68. The average Bonchev–Trinajstić information content (AvgIpc) is 2.72. The largest absolute Gasteiger partial charge is 0.622 e. The van der Waals surface area contributed by atoms with Crippen LogP contribution in [-0.4, -0.2) is 26.4 Å². The first-order valence-corrected chi connectivity index (χ1v) is 5.30. The normalized spacial score (nSPS) is 35.9. The van der Waals surface area contributed by atoms with Crippen molar-refractivity contribution in [3.63, 3.8) is 0 Å². The van der Waals surface area contributed by atoms with Crippen LogP contribution < -0.4 is 10.6 Å². The van der Waals surface area contributed by atoms with Crippen molar-refractivity contribution in [2.75, 3.05) is 0 Å². The third-order valence-electron chi connectivity index (χ3n) is 3.77. The Morgan fingerprint density at radius 2 is 2.24 bits per heavy atom. The van der Waals surface area contributed by atoms with Crippen molar-refractivity contribution in [2.24, 2.45) is 5.73 Å². The van der Waals surface area contributed by atoms with E-state index in [0.29, 0.717) is 10.5 Å². The standard InChI is InChI=1S/C9H12N4O4/c1-5-4-8(14)7-6(13(16)17-11-7)2-3-9(8,10)12(5)15/h14H,2-4,10H2,1H3/t8-,9+/m0/s1. The van der Waals surface area contributed by atoms with Crippen LogP contribution in [-0.2, 0) is 12.0 Å². The summed E-state index contributed by atoms with van der Waals surface area (Å²) in [5, 5.41) is 37.4. The van der Waals surface area contributed by atoms with Gasteiger partial charge < -0.3 is 15.5 Å². The molecule has 0 saturated heterocycles. The van der Waals surface area contributed by atoms with Gasteiger partial charge in [-0.1, -0.05) is 0 Å². The molecule has 0 bridgehead atoms. The molecule has 1 aliphatic carbocycles. The second-order valence-corrected chi connectivity index (χ2v) is 4.72. The highest BCUT2D eigenvalue weighted by molar-refractivity contribution is 5.80. The fraction of sp³-hybridized carbons (Fsp3) is 0.667. The first kappa shape index (κ1) is 10.5. The molecule has 0 spiro atoms. The van der Waals surface area contributed by atoms with Crippen molar-refractivity contribution < 1.29 is 19.4 Å². The minimum Gasteiger partial charge on any atom is -0.622 e. The Morgan fingerprint density at radius 1 is 1.53 bits per heavy atom. The molecule has 3 N–H and O–H groups in total.